The maximum Gasteiger partial charge on any atom is 0.321 e. The summed E-state index contributed by atoms with van der Waals surface area (Å²) in [6, 6.07) is -0.834. The zero-order valence-electron chi connectivity index (χ0n) is 12.0. The minimum atomic E-state index is -0.963. The van der Waals surface area contributed by atoms with E-state index in [0.717, 1.165) is 5.01 Å². The van der Waals surface area contributed by atoms with Crippen LogP contribution in [0.2, 0.25) is 0 Å². The predicted molar refractivity (Wildman–Crippen MR) is 77.9 cm³/mol. The van der Waals surface area contributed by atoms with E-state index in [0.29, 0.717) is 6.42 Å². The number of aliphatic carboxylic acids is 1. The lowest BCUT2D eigenvalue weighted by Crippen LogP contribution is -2.41. The van der Waals surface area contributed by atoms with Crippen molar-refractivity contribution >= 4 is 29.2 Å². The molecule has 0 spiro atoms. The van der Waals surface area contributed by atoms with Gasteiger partial charge in [0.1, 0.15) is 5.01 Å². The second kappa shape index (κ2) is 8.35. The first kappa shape index (κ1) is 17.1. The first-order chi connectivity index (χ1) is 9.92. The SMILES string of the molecule is CCC(NC(=O)NC(=O)CC(C)CC(=O)O)c1nccs1. The number of urea groups is 1. The third kappa shape index (κ3) is 6.35. The van der Waals surface area contributed by atoms with E-state index in [1.807, 2.05) is 12.3 Å². The van der Waals surface area contributed by atoms with Gasteiger partial charge in [-0.15, -0.1) is 11.3 Å². The fraction of sp³-hybridized carbons (Fsp3) is 0.538. The highest BCUT2D eigenvalue weighted by atomic mass is 32.1. The Morgan fingerprint density at radius 3 is 2.62 bits per heavy atom. The van der Waals surface area contributed by atoms with Crippen LogP contribution in [-0.4, -0.2) is 28.0 Å². The molecule has 0 aromatic carbocycles. The van der Waals surface area contributed by atoms with Crippen molar-refractivity contribution in [2.75, 3.05) is 0 Å². The minimum absolute atomic E-state index is 0.00619. The molecule has 0 aliphatic heterocycles. The van der Waals surface area contributed by atoms with E-state index < -0.39 is 17.9 Å². The molecule has 3 amide bonds. The second-order valence-electron chi connectivity index (χ2n) is 4.76. The molecule has 0 saturated carbocycles. The average Bonchev–Trinajstić information content (AvgIpc) is 2.87. The molecule has 1 aromatic rings. The lowest BCUT2D eigenvalue weighted by Gasteiger charge is -2.15. The highest BCUT2D eigenvalue weighted by Gasteiger charge is 2.18. The average molecular weight is 313 g/mol. The van der Waals surface area contributed by atoms with Crippen LogP contribution in [0.1, 0.15) is 44.2 Å². The number of carboxylic acids is 1. The Labute approximate surface area is 126 Å². The fourth-order valence-electron chi connectivity index (χ4n) is 1.80. The Kier molecular flexibility index (Phi) is 6.80. The number of amides is 3. The summed E-state index contributed by atoms with van der Waals surface area (Å²) >= 11 is 1.43. The monoisotopic (exact) mass is 313 g/mol. The smallest absolute Gasteiger partial charge is 0.321 e. The highest BCUT2D eigenvalue weighted by molar-refractivity contribution is 7.09. The van der Waals surface area contributed by atoms with Gasteiger partial charge in [0.2, 0.25) is 5.91 Å². The van der Waals surface area contributed by atoms with E-state index in [1.54, 1.807) is 13.1 Å². The van der Waals surface area contributed by atoms with Crippen LogP contribution in [0, 0.1) is 5.92 Å². The van der Waals surface area contributed by atoms with Crippen LogP contribution >= 0.6 is 11.3 Å². The van der Waals surface area contributed by atoms with Crippen molar-refractivity contribution in [2.24, 2.45) is 5.92 Å². The van der Waals surface area contributed by atoms with Gasteiger partial charge >= 0.3 is 12.0 Å². The zero-order valence-corrected chi connectivity index (χ0v) is 12.8. The predicted octanol–water partition coefficient (Wildman–Crippen LogP) is 1.92. The number of carboxylic acid groups (broad SMARTS) is 1. The Morgan fingerprint density at radius 2 is 2.10 bits per heavy atom. The van der Waals surface area contributed by atoms with Gasteiger partial charge < -0.3 is 10.4 Å². The summed E-state index contributed by atoms with van der Waals surface area (Å²) in [6.07, 6.45) is 2.20. The number of nitrogens with one attached hydrogen (secondary N) is 2. The first-order valence-electron chi connectivity index (χ1n) is 6.63. The molecule has 8 heteroatoms. The summed E-state index contributed by atoms with van der Waals surface area (Å²) in [5, 5.41) is 16.1. The third-order valence-electron chi connectivity index (χ3n) is 2.77. The summed E-state index contributed by atoms with van der Waals surface area (Å²) in [4.78, 5) is 38.0. The summed E-state index contributed by atoms with van der Waals surface area (Å²) in [5.41, 5.74) is 0. The van der Waals surface area contributed by atoms with Crippen molar-refractivity contribution in [2.45, 2.75) is 39.2 Å². The van der Waals surface area contributed by atoms with Crippen molar-refractivity contribution in [3.05, 3.63) is 16.6 Å². The molecule has 1 rings (SSSR count). The van der Waals surface area contributed by atoms with Crippen molar-refractivity contribution < 1.29 is 19.5 Å². The Balaban J connectivity index is 2.42. The van der Waals surface area contributed by atoms with Crippen LogP contribution in [0.25, 0.3) is 0 Å². The first-order valence-corrected chi connectivity index (χ1v) is 7.51. The van der Waals surface area contributed by atoms with Gasteiger partial charge in [0, 0.05) is 24.4 Å². The molecule has 1 aromatic heterocycles. The third-order valence-corrected chi connectivity index (χ3v) is 3.66. The van der Waals surface area contributed by atoms with E-state index in [-0.39, 0.29) is 24.8 Å². The molecule has 7 nitrogen and oxygen atoms in total. The van der Waals surface area contributed by atoms with Crippen LogP contribution in [0.15, 0.2) is 11.6 Å². The molecule has 1 heterocycles. The van der Waals surface area contributed by atoms with Crippen LogP contribution in [0.4, 0.5) is 4.79 Å². The minimum Gasteiger partial charge on any atom is -0.481 e. The summed E-state index contributed by atoms with van der Waals surface area (Å²) in [6.45, 7) is 3.55. The van der Waals surface area contributed by atoms with Crippen LogP contribution in [0.5, 0.6) is 0 Å². The molecular weight excluding hydrogens is 294 g/mol. The molecular formula is C13H19N3O4S. The molecule has 0 fully saturated rings. The van der Waals surface area contributed by atoms with E-state index in [4.69, 9.17) is 5.11 Å². The molecule has 0 radical (unpaired) electrons. The van der Waals surface area contributed by atoms with Gasteiger partial charge in [0.15, 0.2) is 0 Å². The number of hydrogen-bond donors (Lipinski definition) is 3. The quantitative estimate of drug-likeness (QED) is 0.712. The molecule has 116 valence electrons. The number of nitrogens with zero attached hydrogens (tertiary/aromatic N) is 1. The number of hydrogen-bond acceptors (Lipinski definition) is 5. The van der Waals surface area contributed by atoms with Gasteiger partial charge in [0.05, 0.1) is 6.04 Å². The molecule has 0 saturated heterocycles. The number of aromatic nitrogens is 1. The van der Waals surface area contributed by atoms with Gasteiger partial charge in [-0.05, 0) is 12.3 Å². The maximum absolute atomic E-state index is 11.7. The van der Waals surface area contributed by atoms with Crippen LogP contribution < -0.4 is 10.6 Å². The lowest BCUT2D eigenvalue weighted by molar-refractivity contribution is -0.138. The van der Waals surface area contributed by atoms with Gasteiger partial charge in [0.25, 0.3) is 0 Å². The Hall–Kier alpha value is -1.96. The molecule has 2 unspecified atom stereocenters. The van der Waals surface area contributed by atoms with Crippen molar-refractivity contribution in [3.8, 4) is 0 Å². The number of carbonyl (C=O) groups is 3. The van der Waals surface area contributed by atoms with Crippen LogP contribution in [0.3, 0.4) is 0 Å². The number of imide groups is 1. The molecule has 21 heavy (non-hydrogen) atoms. The van der Waals surface area contributed by atoms with E-state index in [1.165, 1.54) is 11.3 Å². The van der Waals surface area contributed by atoms with Crippen molar-refractivity contribution in [1.29, 1.82) is 0 Å². The standard InChI is InChI=1S/C13H19N3O4S/c1-3-9(12-14-4-5-21-12)15-13(20)16-10(17)6-8(2)7-11(18)19/h4-5,8-9H,3,6-7H2,1-2H3,(H,18,19)(H2,15,16,17,20). The van der Waals surface area contributed by atoms with Crippen LogP contribution in [-0.2, 0) is 9.59 Å². The summed E-state index contributed by atoms with van der Waals surface area (Å²) in [7, 11) is 0. The molecule has 0 aliphatic rings. The summed E-state index contributed by atoms with van der Waals surface area (Å²) in [5.74, 6) is -1.78. The van der Waals surface area contributed by atoms with Gasteiger partial charge in [-0.2, -0.15) is 0 Å². The largest absolute Gasteiger partial charge is 0.481 e. The molecule has 3 N–H and O–H groups in total. The van der Waals surface area contributed by atoms with Gasteiger partial charge in [-0.1, -0.05) is 13.8 Å². The maximum atomic E-state index is 11.7. The molecule has 2 atom stereocenters. The topological polar surface area (TPSA) is 108 Å². The second-order valence-corrected chi connectivity index (χ2v) is 5.69. The number of carbonyl (C=O) groups excluding carboxylic acids is 2. The normalized spacial score (nSPS) is 13.2. The van der Waals surface area contributed by atoms with Crippen molar-refractivity contribution in [3.63, 3.8) is 0 Å². The Bertz CT molecular complexity index is 490. The Morgan fingerprint density at radius 1 is 1.38 bits per heavy atom. The lowest BCUT2D eigenvalue weighted by atomic mass is 10.0. The van der Waals surface area contributed by atoms with Gasteiger partial charge in [-0.25, -0.2) is 9.78 Å². The zero-order chi connectivity index (χ0) is 15.8. The number of rotatable bonds is 7. The summed E-state index contributed by atoms with van der Waals surface area (Å²) < 4.78 is 0. The molecule has 0 bridgehead atoms. The van der Waals surface area contributed by atoms with E-state index in [9.17, 15) is 14.4 Å². The van der Waals surface area contributed by atoms with E-state index in [2.05, 4.69) is 15.6 Å². The number of thiazole rings is 1. The van der Waals surface area contributed by atoms with E-state index >= 15 is 0 Å². The fourth-order valence-corrected chi connectivity index (χ4v) is 2.58. The molecule has 0 aliphatic carbocycles. The highest BCUT2D eigenvalue weighted by Crippen LogP contribution is 2.18. The van der Waals surface area contributed by atoms with Crippen molar-refractivity contribution in [1.82, 2.24) is 15.6 Å². The van der Waals surface area contributed by atoms with Gasteiger partial charge in [-0.3, -0.25) is 14.9 Å².